The molecule has 0 atom stereocenters. The van der Waals surface area contributed by atoms with Gasteiger partial charge in [-0.2, -0.15) is 0 Å². The number of allylic oxidation sites excluding steroid dienone is 1. The van der Waals surface area contributed by atoms with Crippen LogP contribution in [0.25, 0.3) is 6.08 Å². The van der Waals surface area contributed by atoms with Crippen molar-refractivity contribution in [2.24, 2.45) is 0 Å². The van der Waals surface area contributed by atoms with Crippen molar-refractivity contribution >= 4 is 11.9 Å². The fourth-order valence-corrected chi connectivity index (χ4v) is 1.67. The zero-order valence-corrected chi connectivity index (χ0v) is 10.4. The molecule has 2 rings (SSSR count). The standard InChI is InChI=1S/C16H12F2O/c1-11-10-13(6-8-14(11)17)16(19)9-7-12-4-2-3-5-15(12)18/h2-10H,1H3. The van der Waals surface area contributed by atoms with Crippen LogP contribution in [0.5, 0.6) is 0 Å². The number of hydrogen-bond acceptors (Lipinski definition) is 1. The first-order valence-electron chi connectivity index (χ1n) is 5.81. The molecule has 0 aromatic heterocycles. The molecule has 0 fully saturated rings. The Morgan fingerprint density at radius 2 is 1.79 bits per heavy atom. The molecule has 2 aromatic carbocycles. The van der Waals surface area contributed by atoms with E-state index < -0.39 is 0 Å². The normalized spacial score (nSPS) is 10.9. The molecule has 96 valence electrons. The SMILES string of the molecule is Cc1cc(C(=O)C=Cc2ccccc2F)ccc1F. The fourth-order valence-electron chi connectivity index (χ4n) is 1.67. The van der Waals surface area contributed by atoms with Crippen molar-refractivity contribution in [1.29, 1.82) is 0 Å². The highest BCUT2D eigenvalue weighted by atomic mass is 19.1. The number of hydrogen-bond donors (Lipinski definition) is 0. The third kappa shape index (κ3) is 3.13. The maximum atomic E-state index is 13.3. The van der Waals surface area contributed by atoms with Crippen LogP contribution in [0.15, 0.2) is 48.5 Å². The van der Waals surface area contributed by atoms with Gasteiger partial charge in [-0.3, -0.25) is 4.79 Å². The summed E-state index contributed by atoms with van der Waals surface area (Å²) in [5.41, 5.74) is 1.13. The zero-order chi connectivity index (χ0) is 13.8. The second kappa shape index (κ2) is 5.57. The van der Waals surface area contributed by atoms with Gasteiger partial charge >= 0.3 is 0 Å². The Bertz CT molecular complexity index is 645. The lowest BCUT2D eigenvalue weighted by Gasteiger charge is -2.00. The van der Waals surface area contributed by atoms with Gasteiger partial charge in [0.25, 0.3) is 0 Å². The summed E-state index contributed by atoms with van der Waals surface area (Å²) in [4.78, 5) is 11.9. The summed E-state index contributed by atoms with van der Waals surface area (Å²) in [5.74, 6) is -1.03. The quantitative estimate of drug-likeness (QED) is 0.596. The smallest absolute Gasteiger partial charge is 0.185 e. The van der Waals surface area contributed by atoms with E-state index in [0.717, 1.165) is 0 Å². The summed E-state index contributed by atoms with van der Waals surface area (Å²) in [7, 11) is 0. The Kier molecular flexibility index (Phi) is 3.85. The molecule has 0 spiro atoms. The molecule has 0 aliphatic heterocycles. The van der Waals surface area contributed by atoms with E-state index in [1.54, 1.807) is 25.1 Å². The van der Waals surface area contributed by atoms with E-state index >= 15 is 0 Å². The molecular weight excluding hydrogens is 246 g/mol. The van der Waals surface area contributed by atoms with Crippen molar-refractivity contribution in [1.82, 2.24) is 0 Å². The molecule has 1 nitrogen and oxygen atoms in total. The molecule has 19 heavy (non-hydrogen) atoms. The second-order valence-corrected chi connectivity index (χ2v) is 4.18. The van der Waals surface area contributed by atoms with Gasteiger partial charge in [0.05, 0.1) is 0 Å². The Morgan fingerprint density at radius 1 is 1.05 bits per heavy atom. The Morgan fingerprint density at radius 3 is 2.47 bits per heavy atom. The van der Waals surface area contributed by atoms with Crippen LogP contribution in [0.4, 0.5) is 8.78 Å². The maximum absolute atomic E-state index is 13.3. The van der Waals surface area contributed by atoms with Crippen LogP contribution in [-0.2, 0) is 0 Å². The van der Waals surface area contributed by atoms with Gasteiger partial charge < -0.3 is 0 Å². The van der Waals surface area contributed by atoms with Gasteiger partial charge in [-0.05, 0) is 48.9 Å². The minimum absolute atomic E-state index is 0.286. The Hall–Kier alpha value is -2.29. The van der Waals surface area contributed by atoms with E-state index in [1.165, 1.54) is 36.4 Å². The first-order chi connectivity index (χ1) is 9.08. The predicted molar refractivity (Wildman–Crippen MR) is 70.9 cm³/mol. The van der Waals surface area contributed by atoms with Crippen LogP contribution in [-0.4, -0.2) is 5.78 Å². The van der Waals surface area contributed by atoms with Gasteiger partial charge in [0.1, 0.15) is 11.6 Å². The zero-order valence-electron chi connectivity index (χ0n) is 10.4. The second-order valence-electron chi connectivity index (χ2n) is 4.18. The molecular formula is C16H12F2O. The monoisotopic (exact) mass is 258 g/mol. The number of ketones is 1. The molecule has 0 amide bonds. The molecule has 0 radical (unpaired) electrons. The van der Waals surface area contributed by atoms with Crippen LogP contribution in [0.2, 0.25) is 0 Å². The number of halogens is 2. The Balaban J connectivity index is 2.21. The minimum atomic E-state index is -0.387. The molecule has 0 saturated heterocycles. The van der Waals surface area contributed by atoms with Crippen LogP contribution in [0.3, 0.4) is 0 Å². The first kappa shape index (κ1) is 13.1. The van der Waals surface area contributed by atoms with E-state index in [0.29, 0.717) is 16.7 Å². The van der Waals surface area contributed by atoms with Crippen molar-refractivity contribution < 1.29 is 13.6 Å². The van der Waals surface area contributed by atoms with Crippen molar-refractivity contribution in [3.05, 3.63) is 76.9 Å². The molecule has 0 bridgehead atoms. The lowest BCUT2D eigenvalue weighted by atomic mass is 10.1. The average molecular weight is 258 g/mol. The Labute approximate surface area is 110 Å². The number of benzene rings is 2. The van der Waals surface area contributed by atoms with Gasteiger partial charge in [0.2, 0.25) is 0 Å². The number of aryl methyl sites for hydroxylation is 1. The van der Waals surface area contributed by atoms with Crippen LogP contribution in [0, 0.1) is 18.6 Å². The average Bonchev–Trinajstić information content (AvgIpc) is 2.40. The van der Waals surface area contributed by atoms with E-state index in [-0.39, 0.29) is 17.4 Å². The maximum Gasteiger partial charge on any atom is 0.185 e. The van der Waals surface area contributed by atoms with E-state index in [2.05, 4.69) is 0 Å². The van der Waals surface area contributed by atoms with Crippen molar-refractivity contribution in [3.8, 4) is 0 Å². The van der Waals surface area contributed by atoms with Crippen molar-refractivity contribution in [2.75, 3.05) is 0 Å². The predicted octanol–water partition coefficient (Wildman–Crippen LogP) is 4.17. The van der Waals surface area contributed by atoms with Gasteiger partial charge in [-0.15, -0.1) is 0 Å². The van der Waals surface area contributed by atoms with Crippen LogP contribution >= 0.6 is 0 Å². The van der Waals surface area contributed by atoms with Crippen molar-refractivity contribution in [3.63, 3.8) is 0 Å². The molecule has 3 heteroatoms. The lowest BCUT2D eigenvalue weighted by Crippen LogP contribution is -1.96. The highest BCUT2D eigenvalue weighted by molar-refractivity contribution is 6.06. The summed E-state index contributed by atoms with van der Waals surface area (Å²) in [6.07, 6.45) is 2.70. The summed E-state index contributed by atoms with van der Waals surface area (Å²) in [6, 6.07) is 10.3. The molecule has 0 unspecified atom stereocenters. The summed E-state index contributed by atoms with van der Waals surface area (Å²) in [6.45, 7) is 1.59. The lowest BCUT2D eigenvalue weighted by molar-refractivity contribution is 0.104. The summed E-state index contributed by atoms with van der Waals surface area (Å²) < 4.78 is 26.4. The van der Waals surface area contributed by atoms with E-state index in [9.17, 15) is 13.6 Å². The van der Waals surface area contributed by atoms with E-state index in [1.807, 2.05) is 0 Å². The van der Waals surface area contributed by atoms with Crippen molar-refractivity contribution in [2.45, 2.75) is 6.92 Å². The molecule has 0 aliphatic rings. The van der Waals surface area contributed by atoms with Gasteiger partial charge in [-0.1, -0.05) is 18.2 Å². The van der Waals surface area contributed by atoms with Gasteiger partial charge in [0, 0.05) is 11.1 Å². The minimum Gasteiger partial charge on any atom is -0.289 e. The van der Waals surface area contributed by atoms with Crippen LogP contribution in [0.1, 0.15) is 21.5 Å². The molecule has 0 saturated carbocycles. The summed E-state index contributed by atoms with van der Waals surface area (Å²) >= 11 is 0. The highest BCUT2D eigenvalue weighted by Gasteiger charge is 2.05. The summed E-state index contributed by atoms with van der Waals surface area (Å²) in [5, 5.41) is 0. The molecule has 0 N–H and O–H groups in total. The van der Waals surface area contributed by atoms with Gasteiger partial charge in [0.15, 0.2) is 5.78 Å². The van der Waals surface area contributed by atoms with E-state index in [4.69, 9.17) is 0 Å². The first-order valence-corrected chi connectivity index (χ1v) is 5.81. The number of rotatable bonds is 3. The topological polar surface area (TPSA) is 17.1 Å². The number of carbonyl (C=O) groups is 1. The fraction of sp³-hybridized carbons (Fsp3) is 0.0625. The van der Waals surface area contributed by atoms with Crippen LogP contribution < -0.4 is 0 Å². The molecule has 2 aromatic rings. The molecule has 0 aliphatic carbocycles. The molecule has 0 heterocycles. The highest BCUT2D eigenvalue weighted by Crippen LogP contribution is 2.12. The van der Waals surface area contributed by atoms with Gasteiger partial charge in [-0.25, -0.2) is 8.78 Å². The largest absolute Gasteiger partial charge is 0.289 e. The third-order valence-electron chi connectivity index (χ3n) is 2.76. The number of carbonyl (C=O) groups excluding carboxylic acids is 1. The third-order valence-corrected chi connectivity index (χ3v) is 2.76.